The van der Waals surface area contributed by atoms with Crippen LogP contribution in [-0.2, 0) is 4.79 Å². The Kier molecular flexibility index (Phi) is 2.21. The van der Waals surface area contributed by atoms with Gasteiger partial charge < -0.3 is 10.2 Å². The van der Waals surface area contributed by atoms with Gasteiger partial charge in [-0.15, -0.1) is 0 Å². The maximum absolute atomic E-state index is 10.5. The van der Waals surface area contributed by atoms with Crippen molar-refractivity contribution < 1.29 is 15.0 Å². The maximum Gasteiger partial charge on any atom is 0.235 e. The molecule has 0 aromatic carbocycles. The molecule has 0 aliphatic carbocycles. The van der Waals surface area contributed by atoms with Crippen molar-refractivity contribution in [1.82, 2.24) is 10.9 Å². The molecule has 1 saturated heterocycles. The Morgan fingerprint density at radius 1 is 1.80 bits per heavy atom. The summed E-state index contributed by atoms with van der Waals surface area (Å²) in [6.45, 7) is -0.327. The van der Waals surface area contributed by atoms with Crippen LogP contribution in [0.2, 0.25) is 0 Å². The molecule has 0 aromatic heterocycles. The van der Waals surface area contributed by atoms with E-state index in [2.05, 4.69) is 10.9 Å². The van der Waals surface area contributed by atoms with E-state index in [1.54, 1.807) is 0 Å². The fourth-order valence-electron chi connectivity index (χ4n) is 0.834. The van der Waals surface area contributed by atoms with Crippen molar-refractivity contribution in [2.45, 2.75) is 18.6 Å². The highest BCUT2D eigenvalue weighted by Gasteiger charge is 2.26. The van der Waals surface area contributed by atoms with Gasteiger partial charge in [-0.2, -0.15) is 0 Å². The van der Waals surface area contributed by atoms with Crippen molar-refractivity contribution in [2.75, 3.05) is 6.61 Å². The van der Waals surface area contributed by atoms with Gasteiger partial charge in [-0.05, 0) is 0 Å². The van der Waals surface area contributed by atoms with Crippen LogP contribution < -0.4 is 10.9 Å². The molecular weight excluding hydrogens is 136 g/mol. The predicted octanol–water partition coefficient (Wildman–Crippen LogP) is -2.27. The maximum atomic E-state index is 10.5. The van der Waals surface area contributed by atoms with E-state index in [1.807, 2.05) is 0 Å². The van der Waals surface area contributed by atoms with Crippen LogP contribution in [0.15, 0.2) is 0 Å². The zero-order chi connectivity index (χ0) is 7.56. The molecule has 0 bridgehead atoms. The van der Waals surface area contributed by atoms with Crippen LogP contribution in [0, 0.1) is 0 Å². The highest BCUT2D eigenvalue weighted by molar-refractivity contribution is 5.78. The minimum absolute atomic E-state index is 0.155. The van der Waals surface area contributed by atoms with E-state index < -0.39 is 6.10 Å². The molecule has 4 N–H and O–H groups in total. The number of amides is 1. The molecule has 2 atom stereocenters. The summed E-state index contributed by atoms with van der Waals surface area (Å²) in [6.07, 6.45) is -0.638. The van der Waals surface area contributed by atoms with E-state index in [0.29, 0.717) is 0 Å². The molecule has 1 aliphatic heterocycles. The molecule has 0 aromatic rings. The minimum atomic E-state index is -0.862. The normalized spacial score (nSPS) is 28.2. The smallest absolute Gasteiger partial charge is 0.235 e. The molecule has 1 aliphatic rings. The van der Waals surface area contributed by atoms with E-state index in [4.69, 9.17) is 10.2 Å². The first-order chi connectivity index (χ1) is 4.74. The van der Waals surface area contributed by atoms with Crippen LogP contribution in [0.5, 0.6) is 0 Å². The SMILES string of the molecule is O=C1C[C@H]([C@H](O)CO)NN1. The Balaban J connectivity index is 2.36. The van der Waals surface area contributed by atoms with Gasteiger partial charge in [-0.3, -0.25) is 10.2 Å². The number of hydrogen-bond donors (Lipinski definition) is 4. The summed E-state index contributed by atoms with van der Waals surface area (Å²) in [6, 6.07) is -0.350. The molecule has 0 spiro atoms. The molecule has 10 heavy (non-hydrogen) atoms. The third-order valence-corrected chi connectivity index (χ3v) is 1.45. The van der Waals surface area contributed by atoms with Crippen LogP contribution >= 0.6 is 0 Å². The third kappa shape index (κ3) is 1.44. The highest BCUT2D eigenvalue weighted by atomic mass is 16.3. The average Bonchev–Trinajstić information content (AvgIpc) is 2.34. The van der Waals surface area contributed by atoms with Gasteiger partial charge in [0.1, 0.15) is 0 Å². The number of aliphatic hydroxyl groups is 2. The highest BCUT2D eigenvalue weighted by Crippen LogP contribution is 2.02. The Bertz CT molecular complexity index is 139. The van der Waals surface area contributed by atoms with Gasteiger partial charge in [0.15, 0.2) is 0 Å². The van der Waals surface area contributed by atoms with E-state index in [0.717, 1.165) is 0 Å². The quantitative estimate of drug-likeness (QED) is 0.354. The van der Waals surface area contributed by atoms with Gasteiger partial charge in [0.25, 0.3) is 0 Å². The molecule has 1 heterocycles. The summed E-state index contributed by atoms with van der Waals surface area (Å²) < 4.78 is 0. The number of nitrogens with one attached hydrogen (secondary N) is 2. The van der Waals surface area contributed by atoms with E-state index in [-0.39, 0.29) is 25.0 Å². The van der Waals surface area contributed by atoms with Gasteiger partial charge in [0, 0.05) is 6.42 Å². The largest absolute Gasteiger partial charge is 0.394 e. The summed E-state index contributed by atoms with van der Waals surface area (Å²) in [7, 11) is 0. The number of hydrazine groups is 1. The molecule has 0 unspecified atom stereocenters. The summed E-state index contributed by atoms with van der Waals surface area (Å²) in [5.74, 6) is -0.155. The first-order valence-corrected chi connectivity index (χ1v) is 3.07. The van der Waals surface area contributed by atoms with Crippen molar-refractivity contribution in [1.29, 1.82) is 0 Å². The summed E-state index contributed by atoms with van der Waals surface area (Å²) in [5.41, 5.74) is 4.87. The van der Waals surface area contributed by atoms with Crippen LogP contribution in [0.25, 0.3) is 0 Å². The Hall–Kier alpha value is -0.650. The molecule has 1 rings (SSSR count). The van der Waals surface area contributed by atoms with Crippen LogP contribution in [0.1, 0.15) is 6.42 Å². The first kappa shape index (κ1) is 7.46. The fourth-order valence-corrected chi connectivity index (χ4v) is 0.834. The van der Waals surface area contributed by atoms with Crippen molar-refractivity contribution in [3.63, 3.8) is 0 Å². The molecule has 5 heteroatoms. The summed E-state index contributed by atoms with van der Waals surface area (Å²) in [4.78, 5) is 10.5. The zero-order valence-corrected chi connectivity index (χ0v) is 5.37. The number of carbonyl (C=O) groups is 1. The number of aliphatic hydroxyl groups excluding tert-OH is 2. The van der Waals surface area contributed by atoms with Crippen molar-refractivity contribution >= 4 is 5.91 Å². The van der Waals surface area contributed by atoms with Gasteiger partial charge in [0.05, 0.1) is 18.8 Å². The lowest BCUT2D eigenvalue weighted by Crippen LogP contribution is -2.40. The third-order valence-electron chi connectivity index (χ3n) is 1.45. The average molecular weight is 146 g/mol. The molecular formula is C5H10N2O3. The fraction of sp³-hybridized carbons (Fsp3) is 0.800. The molecule has 5 nitrogen and oxygen atoms in total. The Morgan fingerprint density at radius 2 is 2.50 bits per heavy atom. The van der Waals surface area contributed by atoms with Crippen LogP contribution in [0.4, 0.5) is 0 Å². The second kappa shape index (κ2) is 2.96. The van der Waals surface area contributed by atoms with Gasteiger partial charge in [-0.1, -0.05) is 0 Å². The van der Waals surface area contributed by atoms with Gasteiger partial charge in [0.2, 0.25) is 5.91 Å². The van der Waals surface area contributed by atoms with E-state index in [1.165, 1.54) is 0 Å². The number of rotatable bonds is 2. The molecule has 1 amide bonds. The number of hydrogen-bond acceptors (Lipinski definition) is 4. The van der Waals surface area contributed by atoms with E-state index in [9.17, 15) is 4.79 Å². The zero-order valence-electron chi connectivity index (χ0n) is 5.37. The lowest BCUT2D eigenvalue weighted by atomic mass is 10.1. The van der Waals surface area contributed by atoms with Crippen molar-refractivity contribution in [2.24, 2.45) is 0 Å². The monoisotopic (exact) mass is 146 g/mol. The summed E-state index contributed by atoms with van der Waals surface area (Å²) >= 11 is 0. The van der Waals surface area contributed by atoms with Crippen molar-refractivity contribution in [3.05, 3.63) is 0 Å². The van der Waals surface area contributed by atoms with Crippen molar-refractivity contribution in [3.8, 4) is 0 Å². The van der Waals surface area contributed by atoms with Gasteiger partial charge >= 0.3 is 0 Å². The number of carbonyl (C=O) groups excluding carboxylic acids is 1. The van der Waals surface area contributed by atoms with Crippen LogP contribution in [0.3, 0.4) is 0 Å². The standard InChI is InChI=1S/C5H10N2O3/c8-2-4(9)3-1-5(10)7-6-3/h3-4,6,8-9H,1-2H2,(H,7,10)/t3-,4-/m1/s1. The second-order valence-corrected chi connectivity index (χ2v) is 2.25. The minimum Gasteiger partial charge on any atom is -0.394 e. The molecule has 1 fully saturated rings. The molecule has 58 valence electrons. The lowest BCUT2D eigenvalue weighted by Gasteiger charge is -2.12. The molecule has 0 saturated carbocycles. The van der Waals surface area contributed by atoms with Gasteiger partial charge in [-0.25, -0.2) is 5.43 Å². The predicted molar refractivity (Wildman–Crippen MR) is 32.8 cm³/mol. The summed E-state index contributed by atoms with van der Waals surface area (Å²) in [5, 5.41) is 17.4. The lowest BCUT2D eigenvalue weighted by molar-refractivity contribution is -0.119. The Labute approximate surface area is 58.0 Å². The van der Waals surface area contributed by atoms with E-state index >= 15 is 0 Å². The topological polar surface area (TPSA) is 81.6 Å². The molecule has 0 radical (unpaired) electrons. The van der Waals surface area contributed by atoms with Crippen LogP contribution in [-0.4, -0.2) is 34.9 Å². The first-order valence-electron chi connectivity index (χ1n) is 3.07. The second-order valence-electron chi connectivity index (χ2n) is 2.25. The Morgan fingerprint density at radius 3 is 2.90 bits per heavy atom.